The van der Waals surface area contributed by atoms with Gasteiger partial charge in [-0.15, -0.1) is 11.3 Å². The maximum absolute atomic E-state index is 13.3. The summed E-state index contributed by atoms with van der Waals surface area (Å²) in [5.74, 6) is -3.23. The molecule has 1 N–H and O–H groups in total. The fourth-order valence-electron chi connectivity index (χ4n) is 1.41. The molecule has 0 radical (unpaired) electrons. The SMILES string of the molecule is Cc1nc2sccn2c1C(F)(F)CO. The summed E-state index contributed by atoms with van der Waals surface area (Å²) < 4.78 is 27.9. The Morgan fingerprint density at radius 2 is 2.36 bits per heavy atom. The summed E-state index contributed by atoms with van der Waals surface area (Å²) in [7, 11) is 0. The third-order valence-corrected chi connectivity index (χ3v) is 2.74. The number of rotatable bonds is 2. The van der Waals surface area contributed by atoms with Gasteiger partial charge in [-0.05, 0) is 6.92 Å². The standard InChI is InChI=1S/C8H8F2N2OS/c1-5-6(8(9,10)4-13)12-2-3-14-7(12)11-5/h2-3,13H,4H2,1H3. The number of nitrogens with zero attached hydrogens (tertiary/aromatic N) is 2. The summed E-state index contributed by atoms with van der Waals surface area (Å²) in [6, 6.07) is 0. The highest BCUT2D eigenvalue weighted by Gasteiger charge is 2.36. The van der Waals surface area contributed by atoms with Crippen molar-refractivity contribution in [1.82, 2.24) is 9.38 Å². The topological polar surface area (TPSA) is 37.5 Å². The van der Waals surface area contributed by atoms with Crippen molar-refractivity contribution in [3.8, 4) is 0 Å². The molecule has 0 unspecified atom stereocenters. The van der Waals surface area contributed by atoms with E-state index < -0.39 is 12.5 Å². The molecule has 0 saturated heterocycles. The van der Waals surface area contributed by atoms with Gasteiger partial charge >= 0.3 is 5.92 Å². The molecule has 0 spiro atoms. The fraction of sp³-hybridized carbons (Fsp3) is 0.375. The smallest absolute Gasteiger partial charge is 0.312 e. The van der Waals surface area contributed by atoms with Crippen molar-refractivity contribution < 1.29 is 13.9 Å². The van der Waals surface area contributed by atoms with Crippen LogP contribution in [0.4, 0.5) is 8.78 Å². The zero-order chi connectivity index (χ0) is 10.3. The summed E-state index contributed by atoms with van der Waals surface area (Å²) in [4.78, 5) is 4.50. The minimum atomic E-state index is -3.23. The summed E-state index contributed by atoms with van der Waals surface area (Å²) >= 11 is 1.29. The van der Waals surface area contributed by atoms with Gasteiger partial charge in [-0.25, -0.2) is 4.98 Å². The molecule has 2 heterocycles. The number of aromatic nitrogens is 2. The lowest BCUT2D eigenvalue weighted by Crippen LogP contribution is -2.21. The molecule has 6 heteroatoms. The summed E-state index contributed by atoms with van der Waals surface area (Å²) in [6.07, 6.45) is 1.53. The lowest BCUT2D eigenvalue weighted by molar-refractivity contribution is -0.0603. The Balaban J connectivity index is 2.70. The van der Waals surface area contributed by atoms with Gasteiger partial charge in [0.05, 0.1) is 5.69 Å². The number of fused-ring (bicyclic) bond motifs is 1. The fourth-order valence-corrected chi connectivity index (χ4v) is 2.17. The van der Waals surface area contributed by atoms with E-state index in [2.05, 4.69) is 4.98 Å². The maximum atomic E-state index is 13.3. The highest BCUT2D eigenvalue weighted by Crippen LogP contribution is 2.31. The first-order valence-corrected chi connectivity index (χ1v) is 4.85. The second-order valence-corrected chi connectivity index (χ2v) is 3.84. The molecule has 2 aromatic heterocycles. The van der Waals surface area contributed by atoms with Crippen LogP contribution < -0.4 is 0 Å². The largest absolute Gasteiger partial charge is 0.390 e. The first-order chi connectivity index (χ1) is 6.56. The van der Waals surface area contributed by atoms with E-state index in [0.29, 0.717) is 4.96 Å². The second-order valence-electron chi connectivity index (χ2n) is 2.96. The first-order valence-electron chi connectivity index (χ1n) is 3.97. The van der Waals surface area contributed by atoms with Crippen LogP contribution in [0.5, 0.6) is 0 Å². The Labute approximate surface area is 82.6 Å². The quantitative estimate of drug-likeness (QED) is 0.834. The van der Waals surface area contributed by atoms with Crippen LogP contribution in [0, 0.1) is 6.92 Å². The molecule has 0 aliphatic rings. The number of aliphatic hydroxyl groups is 1. The van der Waals surface area contributed by atoms with Crippen LogP contribution >= 0.6 is 11.3 Å². The van der Waals surface area contributed by atoms with Crippen LogP contribution in [-0.4, -0.2) is 21.1 Å². The highest BCUT2D eigenvalue weighted by molar-refractivity contribution is 7.15. The lowest BCUT2D eigenvalue weighted by Gasteiger charge is -2.12. The van der Waals surface area contributed by atoms with Crippen molar-refractivity contribution in [1.29, 1.82) is 0 Å². The van der Waals surface area contributed by atoms with E-state index in [0.717, 1.165) is 0 Å². The molecule has 0 atom stereocenters. The lowest BCUT2D eigenvalue weighted by atomic mass is 10.2. The van der Waals surface area contributed by atoms with Crippen molar-refractivity contribution in [2.24, 2.45) is 0 Å². The Kier molecular flexibility index (Phi) is 2.04. The van der Waals surface area contributed by atoms with Gasteiger partial charge in [0.1, 0.15) is 12.3 Å². The van der Waals surface area contributed by atoms with Crippen LogP contribution in [0.2, 0.25) is 0 Å². The van der Waals surface area contributed by atoms with Crippen molar-refractivity contribution in [3.63, 3.8) is 0 Å². The Morgan fingerprint density at radius 3 is 3.00 bits per heavy atom. The molecular weight excluding hydrogens is 210 g/mol. The normalized spacial score (nSPS) is 12.6. The molecule has 0 aromatic carbocycles. The number of hydrogen-bond acceptors (Lipinski definition) is 3. The zero-order valence-corrected chi connectivity index (χ0v) is 8.18. The van der Waals surface area contributed by atoms with E-state index in [1.807, 2.05) is 0 Å². The van der Waals surface area contributed by atoms with Crippen LogP contribution in [0.3, 0.4) is 0 Å². The van der Waals surface area contributed by atoms with E-state index in [1.54, 1.807) is 5.38 Å². The predicted octanol–water partition coefficient (Wildman–Crippen LogP) is 1.79. The summed E-state index contributed by atoms with van der Waals surface area (Å²) in [5.41, 5.74) is 0.0344. The zero-order valence-electron chi connectivity index (χ0n) is 7.37. The van der Waals surface area contributed by atoms with Crippen molar-refractivity contribution in [3.05, 3.63) is 23.0 Å². The molecular formula is C8H8F2N2OS. The molecule has 0 aliphatic carbocycles. The Bertz CT molecular complexity index is 463. The van der Waals surface area contributed by atoms with E-state index in [9.17, 15) is 8.78 Å². The molecule has 0 amide bonds. The van der Waals surface area contributed by atoms with Crippen molar-refractivity contribution in [2.45, 2.75) is 12.8 Å². The Morgan fingerprint density at radius 1 is 1.64 bits per heavy atom. The maximum Gasteiger partial charge on any atom is 0.312 e. The second kappa shape index (κ2) is 2.99. The molecule has 3 nitrogen and oxygen atoms in total. The number of aliphatic hydroxyl groups excluding tert-OH is 1. The first kappa shape index (κ1) is 9.54. The van der Waals surface area contributed by atoms with Crippen molar-refractivity contribution in [2.75, 3.05) is 6.61 Å². The Hall–Kier alpha value is -1.01. The average Bonchev–Trinajstić information content (AvgIpc) is 2.62. The van der Waals surface area contributed by atoms with E-state index in [4.69, 9.17) is 5.11 Å². The summed E-state index contributed by atoms with van der Waals surface area (Å²) in [6.45, 7) is 0.316. The van der Waals surface area contributed by atoms with Gasteiger partial charge in [-0.3, -0.25) is 4.40 Å². The minimum absolute atomic E-state index is 0.226. The van der Waals surface area contributed by atoms with Gasteiger partial charge in [0.2, 0.25) is 0 Å². The third-order valence-electron chi connectivity index (χ3n) is 1.98. The van der Waals surface area contributed by atoms with Gasteiger partial charge in [0.25, 0.3) is 0 Å². The molecule has 0 aliphatic heterocycles. The predicted molar refractivity (Wildman–Crippen MR) is 48.8 cm³/mol. The molecule has 14 heavy (non-hydrogen) atoms. The number of halogens is 2. The van der Waals surface area contributed by atoms with Crippen LogP contribution in [-0.2, 0) is 5.92 Å². The molecule has 0 saturated carbocycles. The van der Waals surface area contributed by atoms with Gasteiger partial charge in [-0.2, -0.15) is 8.78 Å². The van der Waals surface area contributed by atoms with Gasteiger partial charge in [0, 0.05) is 11.6 Å². The van der Waals surface area contributed by atoms with E-state index in [-0.39, 0.29) is 11.4 Å². The molecule has 2 rings (SSSR count). The molecule has 0 fully saturated rings. The van der Waals surface area contributed by atoms with Crippen LogP contribution in [0.25, 0.3) is 4.96 Å². The number of hydrogen-bond donors (Lipinski definition) is 1. The van der Waals surface area contributed by atoms with Gasteiger partial charge < -0.3 is 5.11 Å². The van der Waals surface area contributed by atoms with E-state index >= 15 is 0 Å². The number of imidazole rings is 1. The highest BCUT2D eigenvalue weighted by atomic mass is 32.1. The number of thiazole rings is 1. The van der Waals surface area contributed by atoms with Crippen LogP contribution in [0.15, 0.2) is 11.6 Å². The number of alkyl halides is 2. The average molecular weight is 218 g/mol. The van der Waals surface area contributed by atoms with E-state index in [1.165, 1.54) is 28.9 Å². The van der Waals surface area contributed by atoms with Crippen LogP contribution in [0.1, 0.15) is 11.4 Å². The van der Waals surface area contributed by atoms with Crippen molar-refractivity contribution >= 4 is 16.3 Å². The van der Waals surface area contributed by atoms with Gasteiger partial charge in [0.15, 0.2) is 4.96 Å². The minimum Gasteiger partial charge on any atom is -0.390 e. The molecule has 76 valence electrons. The molecule has 0 bridgehead atoms. The monoisotopic (exact) mass is 218 g/mol. The molecule has 2 aromatic rings. The third kappa shape index (κ3) is 1.22. The van der Waals surface area contributed by atoms with Gasteiger partial charge in [-0.1, -0.05) is 0 Å². The number of aryl methyl sites for hydroxylation is 1. The summed E-state index contributed by atoms with van der Waals surface area (Å²) in [5, 5.41) is 10.3.